The summed E-state index contributed by atoms with van der Waals surface area (Å²) >= 11 is 0. The van der Waals surface area contributed by atoms with Crippen molar-refractivity contribution >= 4 is 0 Å². The van der Waals surface area contributed by atoms with Gasteiger partial charge in [-0.15, -0.1) is 0 Å². The number of aryl methyl sites for hydroxylation is 1. The van der Waals surface area contributed by atoms with Gasteiger partial charge in [0.15, 0.2) is 0 Å². The summed E-state index contributed by atoms with van der Waals surface area (Å²) in [5.41, 5.74) is 2.67. The Morgan fingerprint density at radius 1 is 1.20 bits per heavy atom. The third kappa shape index (κ3) is 3.76. The summed E-state index contributed by atoms with van der Waals surface area (Å²) in [6.07, 6.45) is 8.24. The molecule has 1 aliphatic carbocycles. The normalized spacial score (nSPS) is 18.6. The van der Waals surface area contributed by atoms with Crippen LogP contribution in [0.1, 0.15) is 62.6 Å². The van der Waals surface area contributed by atoms with Crippen LogP contribution in [-0.2, 0) is 0 Å². The zero-order chi connectivity index (χ0) is 14.4. The Morgan fingerprint density at radius 2 is 1.90 bits per heavy atom. The third-order valence-corrected chi connectivity index (χ3v) is 4.52. The molecule has 2 nitrogen and oxygen atoms in total. The number of rotatable bonds is 5. The second kappa shape index (κ2) is 7.68. The van der Waals surface area contributed by atoms with Gasteiger partial charge in [-0.1, -0.05) is 50.3 Å². The lowest BCUT2D eigenvalue weighted by Gasteiger charge is -2.29. The molecule has 1 aliphatic rings. The number of hydrogen-bond donors (Lipinski definition) is 1. The molecule has 1 atom stereocenters. The van der Waals surface area contributed by atoms with Crippen molar-refractivity contribution in [2.24, 2.45) is 5.92 Å². The van der Waals surface area contributed by atoms with E-state index in [0.29, 0.717) is 6.04 Å². The van der Waals surface area contributed by atoms with Crippen molar-refractivity contribution < 1.29 is 4.74 Å². The van der Waals surface area contributed by atoms with E-state index < -0.39 is 0 Å². The average molecular weight is 275 g/mol. The van der Waals surface area contributed by atoms with Crippen LogP contribution in [0.2, 0.25) is 0 Å². The summed E-state index contributed by atoms with van der Waals surface area (Å²) in [6, 6.07) is 6.99. The van der Waals surface area contributed by atoms with E-state index >= 15 is 0 Å². The van der Waals surface area contributed by atoms with Crippen LogP contribution in [0, 0.1) is 12.8 Å². The van der Waals surface area contributed by atoms with Crippen LogP contribution in [0.4, 0.5) is 0 Å². The Balaban J connectivity index is 2.28. The Bertz CT molecular complexity index is 408. The molecule has 0 bridgehead atoms. The first-order valence-electron chi connectivity index (χ1n) is 8.14. The standard InChI is InChI=1S/C18H29NO/c1-4-19-18(15-9-7-5-6-8-10-15)16-13-14(2)11-12-17(16)20-3/h11-13,15,18-19H,4-10H2,1-3H3. The lowest BCUT2D eigenvalue weighted by Crippen LogP contribution is -2.28. The minimum atomic E-state index is 0.438. The van der Waals surface area contributed by atoms with Crippen LogP contribution in [0.3, 0.4) is 0 Å². The van der Waals surface area contributed by atoms with Gasteiger partial charge < -0.3 is 10.1 Å². The largest absolute Gasteiger partial charge is 0.496 e. The van der Waals surface area contributed by atoms with E-state index in [1.165, 1.54) is 49.7 Å². The Hall–Kier alpha value is -1.02. The zero-order valence-corrected chi connectivity index (χ0v) is 13.2. The fourth-order valence-corrected chi connectivity index (χ4v) is 3.49. The predicted octanol–water partition coefficient (Wildman–Crippen LogP) is 4.62. The molecule has 0 amide bonds. The van der Waals surface area contributed by atoms with E-state index in [1.807, 2.05) is 0 Å². The molecule has 2 heteroatoms. The summed E-state index contributed by atoms with van der Waals surface area (Å²) < 4.78 is 5.61. The number of nitrogens with one attached hydrogen (secondary N) is 1. The molecule has 1 saturated carbocycles. The van der Waals surface area contributed by atoms with Crippen LogP contribution in [-0.4, -0.2) is 13.7 Å². The highest BCUT2D eigenvalue weighted by molar-refractivity contribution is 5.39. The summed E-state index contributed by atoms with van der Waals surface area (Å²) in [4.78, 5) is 0. The first-order chi connectivity index (χ1) is 9.76. The van der Waals surface area contributed by atoms with E-state index in [4.69, 9.17) is 4.74 Å². The van der Waals surface area contributed by atoms with E-state index in [9.17, 15) is 0 Å². The van der Waals surface area contributed by atoms with Gasteiger partial charge in [0, 0.05) is 11.6 Å². The molecule has 2 rings (SSSR count). The predicted molar refractivity (Wildman–Crippen MR) is 85.3 cm³/mol. The molecule has 1 fully saturated rings. The highest BCUT2D eigenvalue weighted by Gasteiger charge is 2.25. The van der Waals surface area contributed by atoms with Crippen molar-refractivity contribution in [1.29, 1.82) is 0 Å². The highest BCUT2D eigenvalue weighted by atomic mass is 16.5. The Labute approximate surface area is 123 Å². The van der Waals surface area contributed by atoms with Crippen LogP contribution in [0.25, 0.3) is 0 Å². The van der Waals surface area contributed by atoms with Crippen LogP contribution < -0.4 is 10.1 Å². The minimum Gasteiger partial charge on any atom is -0.496 e. The molecule has 0 saturated heterocycles. The summed E-state index contributed by atoms with van der Waals surface area (Å²) in [7, 11) is 1.78. The maximum absolute atomic E-state index is 5.61. The molecule has 0 radical (unpaired) electrons. The fourth-order valence-electron chi connectivity index (χ4n) is 3.49. The van der Waals surface area contributed by atoms with Crippen molar-refractivity contribution in [2.75, 3.05) is 13.7 Å². The molecule has 20 heavy (non-hydrogen) atoms. The number of ether oxygens (including phenoxy) is 1. The molecular weight excluding hydrogens is 246 g/mol. The monoisotopic (exact) mass is 275 g/mol. The van der Waals surface area contributed by atoms with E-state index in [0.717, 1.165) is 18.2 Å². The smallest absolute Gasteiger partial charge is 0.123 e. The lowest BCUT2D eigenvalue weighted by atomic mass is 9.86. The van der Waals surface area contributed by atoms with E-state index in [2.05, 4.69) is 37.4 Å². The minimum absolute atomic E-state index is 0.438. The van der Waals surface area contributed by atoms with Crippen molar-refractivity contribution in [3.63, 3.8) is 0 Å². The molecule has 0 aromatic heterocycles. The molecule has 112 valence electrons. The molecule has 1 N–H and O–H groups in total. The van der Waals surface area contributed by atoms with Gasteiger partial charge in [0.05, 0.1) is 7.11 Å². The average Bonchev–Trinajstić information content (AvgIpc) is 2.73. The first kappa shape index (κ1) is 15.4. The van der Waals surface area contributed by atoms with Gasteiger partial charge in [-0.25, -0.2) is 0 Å². The van der Waals surface area contributed by atoms with Gasteiger partial charge >= 0.3 is 0 Å². The summed E-state index contributed by atoms with van der Waals surface area (Å²) in [5, 5.41) is 3.72. The van der Waals surface area contributed by atoms with Crippen LogP contribution in [0.5, 0.6) is 5.75 Å². The topological polar surface area (TPSA) is 21.3 Å². The SMILES string of the molecule is CCNC(c1cc(C)ccc1OC)C1CCCCCC1. The molecular formula is C18H29NO. The van der Waals surface area contributed by atoms with Gasteiger partial charge in [0.25, 0.3) is 0 Å². The van der Waals surface area contributed by atoms with Gasteiger partial charge in [-0.05, 0) is 38.3 Å². The van der Waals surface area contributed by atoms with Crippen molar-refractivity contribution in [3.05, 3.63) is 29.3 Å². The third-order valence-electron chi connectivity index (χ3n) is 4.52. The highest BCUT2D eigenvalue weighted by Crippen LogP contribution is 2.37. The second-order valence-electron chi connectivity index (χ2n) is 6.03. The lowest BCUT2D eigenvalue weighted by molar-refractivity contribution is 0.316. The maximum atomic E-state index is 5.61. The first-order valence-corrected chi connectivity index (χ1v) is 8.14. The summed E-state index contributed by atoms with van der Waals surface area (Å²) in [5.74, 6) is 1.78. The summed E-state index contributed by atoms with van der Waals surface area (Å²) in [6.45, 7) is 5.38. The zero-order valence-electron chi connectivity index (χ0n) is 13.2. The van der Waals surface area contributed by atoms with Gasteiger partial charge in [0.2, 0.25) is 0 Å². The molecule has 1 unspecified atom stereocenters. The van der Waals surface area contributed by atoms with E-state index in [1.54, 1.807) is 7.11 Å². The van der Waals surface area contributed by atoms with Crippen molar-refractivity contribution in [2.45, 2.75) is 58.4 Å². The van der Waals surface area contributed by atoms with Crippen molar-refractivity contribution in [1.82, 2.24) is 5.32 Å². The second-order valence-corrected chi connectivity index (χ2v) is 6.03. The van der Waals surface area contributed by atoms with Gasteiger partial charge in [-0.3, -0.25) is 0 Å². The molecule has 0 aliphatic heterocycles. The van der Waals surface area contributed by atoms with Gasteiger partial charge in [0.1, 0.15) is 5.75 Å². The van der Waals surface area contributed by atoms with Crippen molar-refractivity contribution in [3.8, 4) is 5.75 Å². The number of methoxy groups -OCH3 is 1. The Kier molecular flexibility index (Phi) is 5.90. The quantitative estimate of drug-likeness (QED) is 0.791. The van der Waals surface area contributed by atoms with Crippen LogP contribution in [0.15, 0.2) is 18.2 Å². The maximum Gasteiger partial charge on any atom is 0.123 e. The Morgan fingerprint density at radius 3 is 2.50 bits per heavy atom. The van der Waals surface area contributed by atoms with Gasteiger partial charge in [-0.2, -0.15) is 0 Å². The molecule has 1 aromatic rings. The molecule has 0 heterocycles. The van der Waals surface area contributed by atoms with E-state index in [-0.39, 0.29) is 0 Å². The van der Waals surface area contributed by atoms with Crippen LogP contribution >= 0.6 is 0 Å². The fraction of sp³-hybridized carbons (Fsp3) is 0.667. The number of benzene rings is 1. The molecule has 1 aromatic carbocycles. The number of hydrogen-bond acceptors (Lipinski definition) is 2. The molecule has 0 spiro atoms.